The number of nitrogen functional groups attached to an aromatic ring is 1. The van der Waals surface area contributed by atoms with Gasteiger partial charge in [-0.3, -0.25) is 4.90 Å². The lowest BCUT2D eigenvalue weighted by atomic mass is 9.89. The van der Waals surface area contributed by atoms with Crippen LogP contribution < -0.4 is 26.6 Å². The van der Waals surface area contributed by atoms with E-state index in [9.17, 15) is 0 Å². The van der Waals surface area contributed by atoms with Crippen molar-refractivity contribution in [3.05, 3.63) is 41.5 Å². The minimum Gasteiger partial charge on any atom is -0.383 e. The van der Waals surface area contributed by atoms with Crippen molar-refractivity contribution in [2.45, 2.75) is 89.8 Å². The molecule has 0 unspecified atom stereocenters. The van der Waals surface area contributed by atoms with Crippen molar-refractivity contribution in [2.75, 3.05) is 61.8 Å². The Balaban J connectivity index is 1.00. The van der Waals surface area contributed by atoms with Crippen molar-refractivity contribution in [3.63, 3.8) is 0 Å². The van der Waals surface area contributed by atoms with Crippen LogP contribution in [-0.2, 0) is 13.1 Å². The Hall–Kier alpha value is -2.42. The molecule has 1 saturated heterocycles. The largest absolute Gasteiger partial charge is 0.383 e. The van der Waals surface area contributed by atoms with Gasteiger partial charge in [0.25, 0.3) is 0 Å². The Bertz CT molecular complexity index is 992. The molecule has 0 amide bonds. The predicted molar refractivity (Wildman–Crippen MR) is 167 cm³/mol. The third kappa shape index (κ3) is 9.32. The number of anilines is 3. The molecule has 0 atom stereocenters. The van der Waals surface area contributed by atoms with Crippen molar-refractivity contribution in [1.29, 1.82) is 0 Å². The van der Waals surface area contributed by atoms with Crippen molar-refractivity contribution in [3.8, 4) is 0 Å². The number of aromatic nitrogens is 2. The standard InChI is InChI=1S/C32H52N8/c33-30-22-31(40-20-18-39(19-21-40)25-28-8-3-1-4-9-28)38-32(37-30)36-24-27-14-12-26(13-15-27)23-34-16-7-17-35-29-10-5-2-6-11-29/h12-15,22,28-29,34-35H,1-11,16-21,23-25H2,(H3,33,36,37,38). The second-order valence-corrected chi connectivity index (χ2v) is 12.3. The summed E-state index contributed by atoms with van der Waals surface area (Å²) in [4.78, 5) is 14.3. The van der Waals surface area contributed by atoms with Gasteiger partial charge in [0.2, 0.25) is 5.95 Å². The van der Waals surface area contributed by atoms with E-state index in [1.165, 1.54) is 88.3 Å². The van der Waals surface area contributed by atoms with Crippen LogP contribution in [0.5, 0.6) is 0 Å². The summed E-state index contributed by atoms with van der Waals surface area (Å²) in [5.41, 5.74) is 8.71. The van der Waals surface area contributed by atoms with Crippen LogP contribution in [0.3, 0.4) is 0 Å². The quantitative estimate of drug-likeness (QED) is 0.266. The smallest absolute Gasteiger partial charge is 0.226 e. The first kappa shape index (κ1) is 29.1. The summed E-state index contributed by atoms with van der Waals surface area (Å²) in [7, 11) is 0. The summed E-state index contributed by atoms with van der Waals surface area (Å²) in [6.07, 6.45) is 15.2. The van der Waals surface area contributed by atoms with Gasteiger partial charge in [0, 0.05) is 57.9 Å². The number of nitrogens with two attached hydrogens (primary N) is 1. The van der Waals surface area contributed by atoms with E-state index in [0.717, 1.165) is 63.6 Å². The highest BCUT2D eigenvalue weighted by molar-refractivity contribution is 5.52. The molecular weight excluding hydrogens is 496 g/mol. The van der Waals surface area contributed by atoms with Gasteiger partial charge in [0.1, 0.15) is 11.6 Å². The molecule has 2 heterocycles. The molecule has 5 N–H and O–H groups in total. The summed E-state index contributed by atoms with van der Waals surface area (Å²) in [5.74, 6) is 2.96. The molecule has 2 saturated carbocycles. The van der Waals surface area contributed by atoms with Crippen LogP contribution in [0.25, 0.3) is 0 Å². The molecule has 8 nitrogen and oxygen atoms in total. The van der Waals surface area contributed by atoms with Crippen molar-refractivity contribution >= 4 is 17.6 Å². The number of benzene rings is 1. The minimum absolute atomic E-state index is 0.521. The van der Waals surface area contributed by atoms with Gasteiger partial charge in [-0.1, -0.05) is 62.8 Å². The van der Waals surface area contributed by atoms with Gasteiger partial charge in [0.05, 0.1) is 0 Å². The monoisotopic (exact) mass is 548 g/mol. The van der Waals surface area contributed by atoms with Crippen LogP contribution in [0.2, 0.25) is 0 Å². The molecule has 40 heavy (non-hydrogen) atoms. The Labute approximate surface area is 241 Å². The SMILES string of the molecule is Nc1cc(N2CCN(CC3CCCCC3)CC2)nc(NCc2ccc(CNCCCNC3CCCCC3)cc2)n1. The van der Waals surface area contributed by atoms with E-state index in [2.05, 4.69) is 55.0 Å². The first-order chi connectivity index (χ1) is 19.7. The normalized spacial score (nSPS) is 19.6. The summed E-state index contributed by atoms with van der Waals surface area (Å²) in [6.45, 7) is 9.21. The van der Waals surface area contributed by atoms with Crippen LogP contribution in [0.15, 0.2) is 30.3 Å². The van der Waals surface area contributed by atoms with E-state index in [1.54, 1.807) is 0 Å². The molecule has 2 aliphatic carbocycles. The molecule has 0 radical (unpaired) electrons. The number of nitrogens with zero attached hydrogens (tertiary/aromatic N) is 4. The van der Waals surface area contributed by atoms with E-state index in [-0.39, 0.29) is 0 Å². The molecule has 1 aromatic heterocycles. The second kappa shape index (κ2) is 15.5. The maximum atomic E-state index is 6.18. The fraction of sp³-hybridized carbons (Fsp3) is 0.688. The van der Waals surface area contributed by atoms with Gasteiger partial charge < -0.3 is 26.6 Å². The minimum atomic E-state index is 0.521. The van der Waals surface area contributed by atoms with Crippen LogP contribution in [0.1, 0.15) is 81.8 Å². The molecule has 0 spiro atoms. The zero-order chi connectivity index (χ0) is 27.4. The second-order valence-electron chi connectivity index (χ2n) is 12.3. The van der Waals surface area contributed by atoms with E-state index < -0.39 is 0 Å². The molecule has 220 valence electrons. The van der Waals surface area contributed by atoms with Gasteiger partial charge in [-0.25, -0.2) is 0 Å². The van der Waals surface area contributed by atoms with Crippen molar-refractivity contribution in [1.82, 2.24) is 25.5 Å². The lowest BCUT2D eigenvalue weighted by Crippen LogP contribution is -2.48. The van der Waals surface area contributed by atoms with Crippen molar-refractivity contribution in [2.24, 2.45) is 5.92 Å². The highest BCUT2D eigenvalue weighted by Gasteiger charge is 2.22. The van der Waals surface area contributed by atoms with E-state index in [4.69, 9.17) is 10.7 Å². The third-order valence-electron chi connectivity index (χ3n) is 9.04. The predicted octanol–water partition coefficient (Wildman–Crippen LogP) is 4.78. The third-order valence-corrected chi connectivity index (χ3v) is 9.04. The first-order valence-electron chi connectivity index (χ1n) is 16.1. The number of hydrogen-bond donors (Lipinski definition) is 4. The van der Waals surface area contributed by atoms with Gasteiger partial charge >= 0.3 is 0 Å². The molecule has 1 aliphatic heterocycles. The number of hydrogen-bond acceptors (Lipinski definition) is 8. The molecular formula is C32H52N8. The zero-order valence-corrected chi connectivity index (χ0v) is 24.5. The van der Waals surface area contributed by atoms with Crippen LogP contribution in [0.4, 0.5) is 17.6 Å². The highest BCUT2D eigenvalue weighted by atomic mass is 15.3. The van der Waals surface area contributed by atoms with Gasteiger partial charge in [-0.2, -0.15) is 9.97 Å². The first-order valence-corrected chi connectivity index (χ1v) is 16.1. The Morgan fingerprint density at radius 3 is 2.17 bits per heavy atom. The van der Waals surface area contributed by atoms with Gasteiger partial charge in [0.15, 0.2) is 0 Å². The summed E-state index contributed by atoms with van der Waals surface area (Å²) >= 11 is 0. The fourth-order valence-electron chi connectivity index (χ4n) is 6.60. The van der Waals surface area contributed by atoms with Crippen LogP contribution >= 0.6 is 0 Å². The Kier molecular flexibility index (Phi) is 11.3. The number of piperazine rings is 1. The van der Waals surface area contributed by atoms with E-state index >= 15 is 0 Å². The molecule has 0 bridgehead atoms. The summed E-state index contributed by atoms with van der Waals surface area (Å²) in [5, 5.41) is 10.7. The van der Waals surface area contributed by atoms with Crippen LogP contribution in [-0.4, -0.2) is 66.7 Å². The number of rotatable bonds is 13. The van der Waals surface area contributed by atoms with Crippen molar-refractivity contribution < 1.29 is 0 Å². The topological polar surface area (TPSA) is 94.4 Å². The zero-order valence-electron chi connectivity index (χ0n) is 24.5. The van der Waals surface area contributed by atoms with Gasteiger partial charge in [-0.05, 0) is 62.2 Å². The molecule has 1 aromatic carbocycles. The van der Waals surface area contributed by atoms with Crippen LogP contribution in [0, 0.1) is 5.92 Å². The Morgan fingerprint density at radius 2 is 1.45 bits per heavy atom. The van der Waals surface area contributed by atoms with Gasteiger partial charge in [-0.15, -0.1) is 0 Å². The number of nitrogens with one attached hydrogen (secondary N) is 3. The maximum absolute atomic E-state index is 6.18. The fourth-order valence-corrected chi connectivity index (χ4v) is 6.60. The highest BCUT2D eigenvalue weighted by Crippen LogP contribution is 2.25. The molecule has 2 aromatic rings. The molecule has 5 rings (SSSR count). The Morgan fingerprint density at radius 1 is 0.775 bits per heavy atom. The molecule has 3 fully saturated rings. The van der Waals surface area contributed by atoms with E-state index in [1.807, 2.05) is 6.07 Å². The average Bonchev–Trinajstić information content (AvgIpc) is 3.00. The summed E-state index contributed by atoms with van der Waals surface area (Å²) in [6, 6.07) is 11.5. The molecule has 3 aliphatic rings. The average molecular weight is 549 g/mol. The lowest BCUT2D eigenvalue weighted by Gasteiger charge is -2.37. The summed E-state index contributed by atoms with van der Waals surface area (Å²) < 4.78 is 0. The molecule has 8 heteroatoms. The lowest BCUT2D eigenvalue weighted by molar-refractivity contribution is 0.192. The van der Waals surface area contributed by atoms with E-state index in [0.29, 0.717) is 18.3 Å². The maximum Gasteiger partial charge on any atom is 0.226 e.